The van der Waals surface area contributed by atoms with Gasteiger partial charge in [-0.1, -0.05) is 0 Å². The molecule has 0 radical (unpaired) electrons. The minimum atomic E-state index is -0.398. The second kappa shape index (κ2) is 3.57. The van der Waals surface area contributed by atoms with Gasteiger partial charge in [0.15, 0.2) is 6.29 Å². The molecule has 0 bridgehead atoms. The Hall–Kier alpha value is -2.10. The summed E-state index contributed by atoms with van der Waals surface area (Å²) in [5, 5.41) is 0.642. The Morgan fingerprint density at radius 2 is 2.27 bits per heavy atom. The van der Waals surface area contributed by atoms with Gasteiger partial charge in [-0.25, -0.2) is 0 Å². The summed E-state index contributed by atoms with van der Waals surface area (Å²) in [5.74, 6) is 0.00463. The van der Waals surface area contributed by atoms with Crippen LogP contribution in [-0.4, -0.2) is 12.3 Å². The fraction of sp³-hybridized carbons (Fsp3) is 0.0909. The van der Waals surface area contributed by atoms with Gasteiger partial charge in [-0.15, -0.1) is 0 Å². The van der Waals surface area contributed by atoms with Gasteiger partial charge in [0, 0.05) is 12.3 Å². The molecule has 2 aromatic rings. The van der Waals surface area contributed by atoms with Crippen LogP contribution < -0.4 is 4.74 Å². The van der Waals surface area contributed by atoms with E-state index in [1.807, 2.05) is 0 Å². The first-order valence-electron chi connectivity index (χ1n) is 4.35. The molecule has 0 aliphatic carbocycles. The monoisotopic (exact) mass is 204 g/mol. The molecule has 76 valence electrons. The lowest BCUT2D eigenvalue weighted by atomic mass is 10.2. The molecule has 0 unspecified atom stereocenters. The minimum absolute atomic E-state index is 0.398. The van der Waals surface area contributed by atoms with E-state index in [0.29, 0.717) is 28.6 Å². The smallest absolute Gasteiger partial charge is 0.308 e. The van der Waals surface area contributed by atoms with Crippen molar-refractivity contribution in [2.45, 2.75) is 6.92 Å². The maximum atomic E-state index is 10.7. The van der Waals surface area contributed by atoms with Gasteiger partial charge < -0.3 is 9.15 Å². The van der Waals surface area contributed by atoms with E-state index < -0.39 is 5.97 Å². The van der Waals surface area contributed by atoms with E-state index in [9.17, 15) is 9.59 Å². The van der Waals surface area contributed by atoms with E-state index in [0.717, 1.165) is 0 Å². The molecular formula is C11H8O4. The van der Waals surface area contributed by atoms with Gasteiger partial charge in [-0.2, -0.15) is 0 Å². The molecular weight excluding hydrogens is 196 g/mol. The number of esters is 1. The van der Waals surface area contributed by atoms with Gasteiger partial charge in [0.1, 0.15) is 17.6 Å². The molecule has 0 spiro atoms. The lowest BCUT2D eigenvalue weighted by Crippen LogP contribution is -2.00. The van der Waals surface area contributed by atoms with Crippen molar-refractivity contribution in [3.8, 4) is 5.75 Å². The fourth-order valence-corrected chi connectivity index (χ4v) is 1.35. The van der Waals surface area contributed by atoms with Crippen molar-refractivity contribution < 1.29 is 18.7 Å². The SMILES string of the molecule is CC(=O)Oc1ccc2occ(C=O)c2c1. The number of hydrogen-bond acceptors (Lipinski definition) is 4. The molecule has 1 aromatic carbocycles. The molecule has 0 saturated heterocycles. The van der Waals surface area contributed by atoms with Crippen molar-refractivity contribution in [3.63, 3.8) is 0 Å². The summed E-state index contributed by atoms with van der Waals surface area (Å²) in [6, 6.07) is 4.87. The largest absolute Gasteiger partial charge is 0.464 e. The Bertz CT molecular complexity index is 524. The zero-order chi connectivity index (χ0) is 10.8. The third-order valence-corrected chi connectivity index (χ3v) is 1.96. The summed E-state index contributed by atoms with van der Waals surface area (Å²) < 4.78 is 10.0. The van der Waals surface area contributed by atoms with Crippen LogP contribution in [0.5, 0.6) is 5.75 Å². The first kappa shape index (κ1) is 9.45. The maximum absolute atomic E-state index is 10.7. The number of hydrogen-bond donors (Lipinski definition) is 0. The van der Waals surface area contributed by atoms with Crippen LogP contribution >= 0.6 is 0 Å². The van der Waals surface area contributed by atoms with Crippen molar-refractivity contribution in [2.24, 2.45) is 0 Å². The maximum Gasteiger partial charge on any atom is 0.308 e. The van der Waals surface area contributed by atoms with E-state index in [1.54, 1.807) is 18.2 Å². The first-order chi connectivity index (χ1) is 7.20. The molecule has 4 heteroatoms. The molecule has 0 N–H and O–H groups in total. The lowest BCUT2D eigenvalue weighted by molar-refractivity contribution is -0.131. The quantitative estimate of drug-likeness (QED) is 0.427. The minimum Gasteiger partial charge on any atom is -0.464 e. The average Bonchev–Trinajstić information content (AvgIpc) is 2.59. The van der Waals surface area contributed by atoms with Gasteiger partial charge in [-0.05, 0) is 18.2 Å². The van der Waals surface area contributed by atoms with Gasteiger partial charge in [-0.3, -0.25) is 9.59 Å². The highest BCUT2D eigenvalue weighted by Crippen LogP contribution is 2.24. The first-order valence-corrected chi connectivity index (χ1v) is 4.35. The van der Waals surface area contributed by atoms with E-state index in [4.69, 9.17) is 9.15 Å². The number of ether oxygens (including phenoxy) is 1. The zero-order valence-electron chi connectivity index (χ0n) is 8.02. The Labute approximate surface area is 85.4 Å². The van der Waals surface area contributed by atoms with Crippen LogP contribution in [-0.2, 0) is 4.79 Å². The third-order valence-electron chi connectivity index (χ3n) is 1.96. The number of furan rings is 1. The molecule has 0 aliphatic rings. The summed E-state index contributed by atoms with van der Waals surface area (Å²) in [4.78, 5) is 21.4. The molecule has 0 aliphatic heterocycles. The summed E-state index contributed by atoms with van der Waals surface area (Å²) in [6.07, 6.45) is 2.07. The molecule has 0 saturated carbocycles. The highest BCUT2D eigenvalue weighted by atomic mass is 16.5. The summed E-state index contributed by atoms with van der Waals surface area (Å²) in [5.41, 5.74) is 1.03. The number of aldehydes is 1. The third kappa shape index (κ3) is 1.74. The predicted octanol–water partition coefficient (Wildman–Crippen LogP) is 2.17. The van der Waals surface area contributed by atoms with Crippen LogP contribution in [0.15, 0.2) is 28.9 Å². The van der Waals surface area contributed by atoms with Crippen molar-refractivity contribution in [1.82, 2.24) is 0 Å². The van der Waals surface area contributed by atoms with Gasteiger partial charge in [0.25, 0.3) is 0 Å². The number of rotatable bonds is 2. The van der Waals surface area contributed by atoms with Crippen molar-refractivity contribution >= 4 is 23.2 Å². The van der Waals surface area contributed by atoms with Crippen LogP contribution in [0.4, 0.5) is 0 Å². The number of fused-ring (bicyclic) bond motifs is 1. The van der Waals surface area contributed by atoms with Crippen molar-refractivity contribution in [2.75, 3.05) is 0 Å². The molecule has 2 rings (SSSR count). The molecule has 1 heterocycles. The van der Waals surface area contributed by atoms with Gasteiger partial charge in [0.05, 0.1) is 5.56 Å². The van der Waals surface area contributed by atoms with Crippen LogP contribution in [0.25, 0.3) is 11.0 Å². The van der Waals surface area contributed by atoms with E-state index >= 15 is 0 Å². The van der Waals surface area contributed by atoms with E-state index in [1.165, 1.54) is 13.2 Å². The normalized spacial score (nSPS) is 10.2. The number of carbonyl (C=O) groups is 2. The van der Waals surface area contributed by atoms with Crippen LogP contribution in [0, 0.1) is 0 Å². The predicted molar refractivity (Wildman–Crippen MR) is 52.9 cm³/mol. The summed E-state index contributed by atoms with van der Waals surface area (Å²) in [6.45, 7) is 1.32. The van der Waals surface area contributed by atoms with E-state index in [2.05, 4.69) is 0 Å². The second-order valence-electron chi connectivity index (χ2n) is 3.06. The second-order valence-corrected chi connectivity index (χ2v) is 3.06. The summed E-state index contributed by atoms with van der Waals surface area (Å²) >= 11 is 0. The number of benzene rings is 1. The molecule has 15 heavy (non-hydrogen) atoms. The highest BCUT2D eigenvalue weighted by molar-refractivity contribution is 5.96. The van der Waals surface area contributed by atoms with Crippen LogP contribution in [0.2, 0.25) is 0 Å². The van der Waals surface area contributed by atoms with Crippen molar-refractivity contribution in [3.05, 3.63) is 30.0 Å². The Kier molecular flexibility index (Phi) is 2.25. The highest BCUT2D eigenvalue weighted by Gasteiger charge is 2.07. The van der Waals surface area contributed by atoms with Crippen molar-refractivity contribution in [1.29, 1.82) is 0 Å². The number of carbonyl (C=O) groups excluding carboxylic acids is 2. The molecule has 4 nitrogen and oxygen atoms in total. The Morgan fingerprint density at radius 1 is 1.47 bits per heavy atom. The Morgan fingerprint density at radius 3 is 2.93 bits per heavy atom. The van der Waals surface area contributed by atoms with E-state index in [-0.39, 0.29) is 0 Å². The Balaban J connectivity index is 2.52. The lowest BCUT2D eigenvalue weighted by Gasteiger charge is -1.99. The topological polar surface area (TPSA) is 56.5 Å². The average molecular weight is 204 g/mol. The standard InChI is InChI=1S/C11H8O4/c1-7(13)15-9-2-3-11-10(4-9)8(5-12)6-14-11/h2-6H,1H3. The van der Waals surface area contributed by atoms with Gasteiger partial charge in [0.2, 0.25) is 0 Å². The van der Waals surface area contributed by atoms with Gasteiger partial charge >= 0.3 is 5.97 Å². The van der Waals surface area contributed by atoms with Crippen LogP contribution in [0.3, 0.4) is 0 Å². The molecule has 0 atom stereocenters. The molecule has 0 amide bonds. The van der Waals surface area contributed by atoms with Crippen LogP contribution in [0.1, 0.15) is 17.3 Å². The summed E-state index contributed by atoms with van der Waals surface area (Å²) in [7, 11) is 0. The zero-order valence-corrected chi connectivity index (χ0v) is 8.02. The molecule has 1 aromatic heterocycles. The fourth-order valence-electron chi connectivity index (χ4n) is 1.35. The molecule has 0 fully saturated rings.